The molecule has 0 aliphatic carbocycles. The van der Waals surface area contributed by atoms with Crippen LogP contribution in [-0.2, 0) is 11.5 Å². The van der Waals surface area contributed by atoms with Crippen LogP contribution >= 0.6 is 15.9 Å². The van der Waals surface area contributed by atoms with Gasteiger partial charge in [-0.3, -0.25) is 0 Å². The highest BCUT2D eigenvalue weighted by Crippen LogP contribution is 2.33. The zero-order chi connectivity index (χ0) is 11.6. The van der Waals surface area contributed by atoms with E-state index in [1.54, 1.807) is 13.0 Å². The van der Waals surface area contributed by atoms with Crippen LogP contribution in [0.1, 0.15) is 22.3 Å². The molecule has 0 fully saturated rings. The molecule has 1 nitrogen and oxygen atoms in total. The molecule has 0 heterocycles. The van der Waals surface area contributed by atoms with Gasteiger partial charge in [-0.15, -0.1) is 0 Å². The molecular weight excluding hydrogens is 271 g/mol. The molecular formula is C10H7BrF3N. The number of nitrogens with zero attached hydrogens (tertiary/aromatic N) is 1. The summed E-state index contributed by atoms with van der Waals surface area (Å²) in [5.74, 6) is 0. The molecule has 0 aliphatic rings. The second-order valence-electron chi connectivity index (χ2n) is 3.07. The van der Waals surface area contributed by atoms with Gasteiger partial charge in [0.2, 0.25) is 0 Å². The van der Waals surface area contributed by atoms with E-state index in [0.29, 0.717) is 16.5 Å². The minimum atomic E-state index is -4.47. The number of aryl methyl sites for hydroxylation is 1. The molecule has 80 valence electrons. The first-order valence-corrected chi connectivity index (χ1v) is 5.19. The molecule has 1 rings (SSSR count). The van der Waals surface area contributed by atoms with Crippen LogP contribution in [-0.4, -0.2) is 0 Å². The first-order chi connectivity index (χ1) is 6.90. The standard InChI is InChI=1S/C10H7BrF3N/c1-6-2-9(10(12,13)14)8(5-15)3-7(6)4-11/h2-3H,4H2,1H3. The summed E-state index contributed by atoms with van der Waals surface area (Å²) in [6, 6.07) is 3.84. The van der Waals surface area contributed by atoms with Crippen LogP contribution < -0.4 is 0 Å². The number of nitriles is 1. The Hall–Kier alpha value is -1.02. The number of benzene rings is 1. The molecule has 5 heteroatoms. The van der Waals surface area contributed by atoms with Crippen LogP contribution in [0.15, 0.2) is 12.1 Å². The van der Waals surface area contributed by atoms with E-state index in [0.717, 1.165) is 6.07 Å². The molecule has 0 saturated heterocycles. The van der Waals surface area contributed by atoms with Gasteiger partial charge in [-0.25, -0.2) is 0 Å². The zero-order valence-electron chi connectivity index (χ0n) is 7.82. The van der Waals surface area contributed by atoms with Gasteiger partial charge in [-0.2, -0.15) is 18.4 Å². The third-order valence-corrected chi connectivity index (χ3v) is 2.65. The molecule has 1 aromatic rings. The molecule has 0 aromatic heterocycles. The average molecular weight is 278 g/mol. The third kappa shape index (κ3) is 2.51. The average Bonchev–Trinajstić information content (AvgIpc) is 2.16. The van der Waals surface area contributed by atoms with Crippen LogP contribution in [0.25, 0.3) is 0 Å². The predicted molar refractivity (Wildman–Crippen MR) is 53.5 cm³/mol. The van der Waals surface area contributed by atoms with Crippen molar-refractivity contribution in [2.24, 2.45) is 0 Å². The molecule has 0 radical (unpaired) electrons. The van der Waals surface area contributed by atoms with E-state index in [1.807, 2.05) is 0 Å². The van der Waals surface area contributed by atoms with Crippen molar-refractivity contribution in [1.29, 1.82) is 5.26 Å². The molecule has 1 aromatic carbocycles. The van der Waals surface area contributed by atoms with E-state index < -0.39 is 11.7 Å². The fraction of sp³-hybridized carbons (Fsp3) is 0.300. The van der Waals surface area contributed by atoms with Crippen molar-refractivity contribution in [3.63, 3.8) is 0 Å². The Morgan fingerprint density at radius 2 is 2.00 bits per heavy atom. The summed E-state index contributed by atoms with van der Waals surface area (Å²) in [4.78, 5) is 0. The molecule has 0 saturated carbocycles. The maximum Gasteiger partial charge on any atom is 0.417 e. The van der Waals surface area contributed by atoms with E-state index in [1.165, 1.54) is 6.07 Å². The fourth-order valence-electron chi connectivity index (χ4n) is 1.22. The van der Waals surface area contributed by atoms with Crippen LogP contribution in [0.3, 0.4) is 0 Å². The van der Waals surface area contributed by atoms with Crippen LogP contribution in [0.2, 0.25) is 0 Å². The molecule has 0 N–H and O–H groups in total. The SMILES string of the molecule is Cc1cc(C(F)(F)F)c(C#N)cc1CBr. The van der Waals surface area contributed by atoms with Gasteiger partial charge < -0.3 is 0 Å². The maximum atomic E-state index is 12.5. The Kier molecular flexibility index (Phi) is 3.40. The summed E-state index contributed by atoms with van der Waals surface area (Å²) in [6.07, 6.45) is -4.47. The second-order valence-corrected chi connectivity index (χ2v) is 3.63. The minimum Gasteiger partial charge on any atom is -0.192 e. The zero-order valence-corrected chi connectivity index (χ0v) is 9.41. The predicted octanol–water partition coefficient (Wildman–Crippen LogP) is 3.78. The smallest absolute Gasteiger partial charge is 0.192 e. The summed E-state index contributed by atoms with van der Waals surface area (Å²) < 4.78 is 37.5. The maximum absolute atomic E-state index is 12.5. The normalized spacial score (nSPS) is 11.2. The van der Waals surface area contributed by atoms with E-state index in [9.17, 15) is 13.2 Å². The molecule has 0 bridgehead atoms. The van der Waals surface area contributed by atoms with Gasteiger partial charge >= 0.3 is 6.18 Å². The number of halogens is 4. The molecule has 15 heavy (non-hydrogen) atoms. The van der Waals surface area contributed by atoms with Gasteiger partial charge in [0.25, 0.3) is 0 Å². The lowest BCUT2D eigenvalue weighted by Crippen LogP contribution is -2.09. The van der Waals surface area contributed by atoms with Crippen molar-refractivity contribution in [3.8, 4) is 6.07 Å². The van der Waals surface area contributed by atoms with Crippen molar-refractivity contribution in [2.45, 2.75) is 18.4 Å². The largest absolute Gasteiger partial charge is 0.417 e. The number of rotatable bonds is 1. The van der Waals surface area contributed by atoms with Crippen molar-refractivity contribution < 1.29 is 13.2 Å². The summed E-state index contributed by atoms with van der Waals surface area (Å²) in [5, 5.41) is 9.06. The number of alkyl halides is 4. The van der Waals surface area contributed by atoms with Crippen molar-refractivity contribution in [1.82, 2.24) is 0 Å². The molecule has 0 aliphatic heterocycles. The monoisotopic (exact) mass is 277 g/mol. The first-order valence-electron chi connectivity index (χ1n) is 4.07. The van der Waals surface area contributed by atoms with Gasteiger partial charge in [0.1, 0.15) is 0 Å². The Balaban J connectivity index is 3.43. The van der Waals surface area contributed by atoms with E-state index >= 15 is 0 Å². The Morgan fingerprint density at radius 1 is 1.40 bits per heavy atom. The third-order valence-electron chi connectivity index (χ3n) is 2.05. The molecule has 0 spiro atoms. The highest BCUT2D eigenvalue weighted by Gasteiger charge is 2.34. The van der Waals surface area contributed by atoms with Gasteiger partial charge in [-0.05, 0) is 30.2 Å². The van der Waals surface area contributed by atoms with E-state index in [-0.39, 0.29) is 5.56 Å². The summed E-state index contributed by atoms with van der Waals surface area (Å²) >= 11 is 3.16. The van der Waals surface area contributed by atoms with Crippen molar-refractivity contribution in [2.75, 3.05) is 0 Å². The van der Waals surface area contributed by atoms with Crippen molar-refractivity contribution >= 4 is 15.9 Å². The lowest BCUT2D eigenvalue weighted by atomic mass is 10.0. The molecule has 0 amide bonds. The second kappa shape index (κ2) is 4.23. The molecule has 0 atom stereocenters. The highest BCUT2D eigenvalue weighted by atomic mass is 79.9. The topological polar surface area (TPSA) is 23.8 Å². The Morgan fingerprint density at radius 3 is 2.40 bits per heavy atom. The fourth-order valence-corrected chi connectivity index (χ4v) is 1.83. The Bertz CT molecular complexity index is 418. The van der Waals surface area contributed by atoms with E-state index in [2.05, 4.69) is 15.9 Å². The number of hydrogen-bond donors (Lipinski definition) is 0. The van der Waals surface area contributed by atoms with Gasteiger partial charge in [0.15, 0.2) is 0 Å². The summed E-state index contributed by atoms with van der Waals surface area (Å²) in [6.45, 7) is 1.59. The van der Waals surface area contributed by atoms with Crippen LogP contribution in [0.4, 0.5) is 13.2 Å². The van der Waals surface area contributed by atoms with Gasteiger partial charge in [-0.1, -0.05) is 15.9 Å². The Labute approximate surface area is 93.6 Å². The number of hydrogen-bond acceptors (Lipinski definition) is 1. The minimum absolute atomic E-state index is 0.331. The lowest BCUT2D eigenvalue weighted by Gasteiger charge is -2.11. The van der Waals surface area contributed by atoms with Crippen molar-refractivity contribution in [3.05, 3.63) is 34.4 Å². The van der Waals surface area contributed by atoms with E-state index in [4.69, 9.17) is 5.26 Å². The first kappa shape index (κ1) is 12.1. The summed E-state index contributed by atoms with van der Waals surface area (Å²) in [5.41, 5.74) is 0.0208. The lowest BCUT2D eigenvalue weighted by molar-refractivity contribution is -0.137. The summed E-state index contributed by atoms with van der Waals surface area (Å²) in [7, 11) is 0. The van der Waals surface area contributed by atoms with Crippen LogP contribution in [0, 0.1) is 18.3 Å². The quantitative estimate of drug-likeness (QED) is 0.717. The highest BCUT2D eigenvalue weighted by molar-refractivity contribution is 9.08. The van der Waals surface area contributed by atoms with Gasteiger partial charge in [0, 0.05) is 5.33 Å². The van der Waals surface area contributed by atoms with Crippen LogP contribution in [0.5, 0.6) is 0 Å². The molecule has 0 unspecified atom stereocenters. The van der Waals surface area contributed by atoms with Gasteiger partial charge in [0.05, 0.1) is 17.2 Å².